The molecule has 0 atom stereocenters. The first-order valence-electron chi connectivity index (χ1n) is 8.26. The molecule has 0 spiro atoms. The molecule has 0 aromatic heterocycles. The number of nitrogens with one attached hydrogen (secondary N) is 1. The third-order valence-corrected chi connectivity index (χ3v) is 3.72. The molecule has 1 amide bonds. The molecule has 0 saturated heterocycles. The molecule has 1 aliphatic rings. The number of Topliss-reactive ketones (excluding diaryl/α,β-unsaturated/α-hetero) is 1. The van der Waals surface area contributed by atoms with Gasteiger partial charge in [-0.1, -0.05) is 13.8 Å². The van der Waals surface area contributed by atoms with Crippen LogP contribution >= 0.6 is 0 Å². The number of rotatable bonds is 8. The lowest BCUT2D eigenvalue weighted by Crippen LogP contribution is -2.25. The van der Waals surface area contributed by atoms with Gasteiger partial charge in [-0.05, 0) is 37.0 Å². The molecule has 0 saturated carbocycles. The van der Waals surface area contributed by atoms with Crippen LogP contribution in [-0.2, 0) is 4.79 Å². The third-order valence-electron chi connectivity index (χ3n) is 3.72. The lowest BCUT2D eigenvalue weighted by atomic mass is 10.1. The van der Waals surface area contributed by atoms with Gasteiger partial charge in [0.15, 0.2) is 17.3 Å². The van der Waals surface area contributed by atoms with Crippen LogP contribution in [0, 0.1) is 5.92 Å². The first kappa shape index (κ1) is 17.3. The van der Waals surface area contributed by atoms with Crippen LogP contribution in [0.25, 0.3) is 0 Å². The van der Waals surface area contributed by atoms with Gasteiger partial charge < -0.3 is 14.8 Å². The van der Waals surface area contributed by atoms with E-state index >= 15 is 0 Å². The highest BCUT2D eigenvalue weighted by Gasteiger charge is 2.15. The number of ether oxygens (including phenoxy) is 2. The summed E-state index contributed by atoms with van der Waals surface area (Å²) >= 11 is 0. The van der Waals surface area contributed by atoms with Crippen LogP contribution in [0.5, 0.6) is 11.5 Å². The molecule has 1 aliphatic heterocycles. The van der Waals surface area contributed by atoms with Gasteiger partial charge in [-0.3, -0.25) is 9.59 Å². The Bertz CT molecular complexity index is 554. The van der Waals surface area contributed by atoms with Crippen LogP contribution in [-0.4, -0.2) is 31.4 Å². The average Bonchev–Trinajstić information content (AvgIpc) is 2.56. The highest BCUT2D eigenvalue weighted by Crippen LogP contribution is 2.31. The number of carbonyl (C=O) groups is 2. The molecule has 1 aromatic carbocycles. The van der Waals surface area contributed by atoms with Gasteiger partial charge >= 0.3 is 0 Å². The predicted octanol–water partition coefficient (Wildman–Crippen LogP) is 2.97. The maximum absolute atomic E-state index is 12.2. The minimum absolute atomic E-state index is 0.0562. The fourth-order valence-corrected chi connectivity index (χ4v) is 2.41. The minimum atomic E-state index is -0.0698. The Labute approximate surface area is 137 Å². The summed E-state index contributed by atoms with van der Waals surface area (Å²) in [6.07, 6.45) is 2.49. The van der Waals surface area contributed by atoms with Gasteiger partial charge in [0.25, 0.3) is 0 Å². The minimum Gasteiger partial charge on any atom is -0.486 e. The zero-order valence-electron chi connectivity index (χ0n) is 13.9. The van der Waals surface area contributed by atoms with Crippen LogP contribution in [0.4, 0.5) is 0 Å². The van der Waals surface area contributed by atoms with Crippen LogP contribution in [0.3, 0.4) is 0 Å². The summed E-state index contributed by atoms with van der Waals surface area (Å²) in [4.78, 5) is 23.9. The summed E-state index contributed by atoms with van der Waals surface area (Å²) in [6.45, 7) is 6.01. The number of amides is 1. The zero-order valence-corrected chi connectivity index (χ0v) is 13.9. The van der Waals surface area contributed by atoms with E-state index in [1.165, 1.54) is 0 Å². The van der Waals surface area contributed by atoms with E-state index in [0.29, 0.717) is 42.7 Å². The second kappa shape index (κ2) is 8.56. The van der Waals surface area contributed by atoms with E-state index in [9.17, 15) is 9.59 Å². The number of ketones is 1. The molecule has 2 rings (SSSR count). The molecule has 5 nitrogen and oxygen atoms in total. The lowest BCUT2D eigenvalue weighted by Gasteiger charge is -2.18. The number of fused-ring (bicyclic) bond motifs is 1. The summed E-state index contributed by atoms with van der Waals surface area (Å²) in [5.74, 6) is 1.78. The van der Waals surface area contributed by atoms with E-state index < -0.39 is 0 Å². The number of hydrogen-bond donors (Lipinski definition) is 1. The van der Waals surface area contributed by atoms with Crippen molar-refractivity contribution in [1.29, 1.82) is 0 Å². The fourth-order valence-electron chi connectivity index (χ4n) is 2.41. The van der Waals surface area contributed by atoms with Crippen molar-refractivity contribution in [2.75, 3.05) is 19.8 Å². The van der Waals surface area contributed by atoms with E-state index in [1.54, 1.807) is 18.2 Å². The maximum atomic E-state index is 12.2. The summed E-state index contributed by atoms with van der Waals surface area (Å²) in [6, 6.07) is 5.15. The van der Waals surface area contributed by atoms with Crippen molar-refractivity contribution < 1.29 is 19.1 Å². The molecule has 0 fully saturated rings. The smallest absolute Gasteiger partial charge is 0.220 e. The molecule has 0 bridgehead atoms. The number of carbonyl (C=O) groups excluding carboxylic acids is 2. The SMILES string of the molecule is CC(C)CCCNC(=O)CCC(=O)c1ccc2c(c1)OCCO2. The second-order valence-electron chi connectivity index (χ2n) is 6.17. The number of benzene rings is 1. The Hall–Kier alpha value is -2.04. The summed E-state index contributed by atoms with van der Waals surface area (Å²) < 4.78 is 10.9. The molecule has 1 N–H and O–H groups in total. The first-order valence-corrected chi connectivity index (χ1v) is 8.26. The Morgan fingerprint density at radius 1 is 1.13 bits per heavy atom. The quantitative estimate of drug-likeness (QED) is 0.591. The van der Waals surface area contributed by atoms with Gasteiger partial charge in [0.1, 0.15) is 13.2 Å². The Balaban J connectivity index is 1.75. The Morgan fingerprint density at radius 2 is 1.87 bits per heavy atom. The van der Waals surface area contributed by atoms with E-state index in [4.69, 9.17) is 9.47 Å². The highest BCUT2D eigenvalue weighted by molar-refractivity contribution is 5.98. The van der Waals surface area contributed by atoms with E-state index in [1.807, 2.05) is 0 Å². The van der Waals surface area contributed by atoms with Crippen molar-refractivity contribution in [2.45, 2.75) is 39.5 Å². The molecule has 0 radical (unpaired) electrons. The predicted molar refractivity (Wildman–Crippen MR) is 88.1 cm³/mol. The van der Waals surface area contributed by atoms with E-state index in [-0.39, 0.29) is 24.5 Å². The molecular weight excluding hydrogens is 294 g/mol. The van der Waals surface area contributed by atoms with Crippen LogP contribution < -0.4 is 14.8 Å². The van der Waals surface area contributed by atoms with Crippen molar-refractivity contribution in [1.82, 2.24) is 5.32 Å². The normalized spacial score (nSPS) is 13.0. The number of hydrogen-bond acceptors (Lipinski definition) is 4. The van der Waals surface area contributed by atoms with Gasteiger partial charge in [-0.25, -0.2) is 0 Å². The zero-order chi connectivity index (χ0) is 16.7. The van der Waals surface area contributed by atoms with Crippen molar-refractivity contribution >= 4 is 11.7 Å². The van der Waals surface area contributed by atoms with Crippen molar-refractivity contribution in [3.05, 3.63) is 23.8 Å². The lowest BCUT2D eigenvalue weighted by molar-refractivity contribution is -0.121. The largest absolute Gasteiger partial charge is 0.486 e. The summed E-state index contributed by atoms with van der Waals surface area (Å²) in [5, 5.41) is 2.86. The molecule has 126 valence electrons. The first-order chi connectivity index (χ1) is 11.1. The van der Waals surface area contributed by atoms with Crippen LogP contribution in [0.2, 0.25) is 0 Å². The topological polar surface area (TPSA) is 64.6 Å². The monoisotopic (exact) mass is 319 g/mol. The Morgan fingerprint density at radius 3 is 2.61 bits per heavy atom. The highest BCUT2D eigenvalue weighted by atomic mass is 16.6. The molecule has 0 unspecified atom stereocenters. The van der Waals surface area contributed by atoms with Gasteiger partial charge in [-0.2, -0.15) is 0 Å². The van der Waals surface area contributed by atoms with Crippen molar-refractivity contribution in [2.24, 2.45) is 5.92 Å². The standard InChI is InChI=1S/C18H25NO4/c1-13(2)4-3-9-19-18(21)8-6-15(20)14-5-7-16-17(12-14)23-11-10-22-16/h5,7,12-13H,3-4,6,8-11H2,1-2H3,(H,19,21). The third kappa shape index (κ3) is 5.58. The molecule has 1 heterocycles. The average molecular weight is 319 g/mol. The maximum Gasteiger partial charge on any atom is 0.220 e. The Kier molecular flexibility index (Phi) is 6.44. The van der Waals surface area contributed by atoms with Gasteiger partial charge in [0.2, 0.25) is 5.91 Å². The molecule has 5 heteroatoms. The van der Waals surface area contributed by atoms with E-state index in [2.05, 4.69) is 19.2 Å². The summed E-state index contributed by atoms with van der Waals surface area (Å²) in [7, 11) is 0. The van der Waals surface area contributed by atoms with E-state index in [0.717, 1.165) is 12.8 Å². The summed E-state index contributed by atoms with van der Waals surface area (Å²) in [5.41, 5.74) is 0.557. The van der Waals surface area contributed by atoms with Crippen molar-refractivity contribution in [3.8, 4) is 11.5 Å². The molecule has 1 aromatic rings. The van der Waals surface area contributed by atoms with Crippen molar-refractivity contribution in [3.63, 3.8) is 0 Å². The van der Waals surface area contributed by atoms with Gasteiger partial charge in [0, 0.05) is 24.9 Å². The van der Waals surface area contributed by atoms with Gasteiger partial charge in [0.05, 0.1) is 0 Å². The molecule has 23 heavy (non-hydrogen) atoms. The van der Waals surface area contributed by atoms with Gasteiger partial charge in [-0.15, -0.1) is 0 Å². The van der Waals surface area contributed by atoms with Crippen LogP contribution in [0.15, 0.2) is 18.2 Å². The van der Waals surface area contributed by atoms with Crippen LogP contribution in [0.1, 0.15) is 49.9 Å². The molecular formula is C18H25NO4. The fraction of sp³-hybridized carbons (Fsp3) is 0.556. The second-order valence-corrected chi connectivity index (χ2v) is 6.17. The molecule has 0 aliphatic carbocycles.